The van der Waals surface area contributed by atoms with Crippen molar-refractivity contribution in [3.63, 3.8) is 0 Å². The zero-order valence-electron chi connectivity index (χ0n) is 10.1. The summed E-state index contributed by atoms with van der Waals surface area (Å²) in [6.45, 7) is 0.743. The monoisotopic (exact) mass is 290 g/mol. The first-order chi connectivity index (χ1) is 8.85. The topological polar surface area (TPSA) is 122 Å². The van der Waals surface area contributed by atoms with Crippen LogP contribution >= 0.6 is 7.60 Å². The zero-order valence-corrected chi connectivity index (χ0v) is 11.0. The number of aromatic amines is 1. The lowest BCUT2D eigenvalue weighted by atomic mass is 10.3. The molecule has 0 aromatic carbocycles. The van der Waals surface area contributed by atoms with E-state index in [1.54, 1.807) is 0 Å². The Labute approximate surface area is 108 Å². The van der Waals surface area contributed by atoms with Crippen molar-refractivity contribution >= 4 is 7.60 Å². The van der Waals surface area contributed by atoms with Crippen molar-refractivity contribution in [1.29, 1.82) is 0 Å². The van der Waals surface area contributed by atoms with Crippen molar-refractivity contribution in [1.82, 2.24) is 9.55 Å². The second-order valence-corrected chi connectivity index (χ2v) is 6.27. The van der Waals surface area contributed by atoms with E-state index < -0.39 is 25.2 Å². The van der Waals surface area contributed by atoms with Gasteiger partial charge in [0.15, 0.2) is 0 Å². The SMILES string of the molecule is O=c1ccn(C[C@H]2C[C@H]2COCP(=O)(O)O)c(=O)[nH]1. The van der Waals surface area contributed by atoms with Crippen LogP contribution in [0.15, 0.2) is 21.9 Å². The van der Waals surface area contributed by atoms with Crippen molar-refractivity contribution in [2.24, 2.45) is 11.8 Å². The molecule has 1 aliphatic rings. The molecule has 1 heterocycles. The van der Waals surface area contributed by atoms with Crippen molar-refractivity contribution in [2.45, 2.75) is 13.0 Å². The van der Waals surface area contributed by atoms with Crippen LogP contribution in [0, 0.1) is 11.8 Å². The molecule has 0 unspecified atom stereocenters. The lowest BCUT2D eigenvalue weighted by Crippen LogP contribution is -2.29. The molecule has 0 amide bonds. The third-order valence-corrected chi connectivity index (χ3v) is 3.51. The number of aromatic nitrogens is 2. The van der Waals surface area contributed by atoms with E-state index >= 15 is 0 Å². The maximum atomic E-state index is 11.4. The highest BCUT2D eigenvalue weighted by Gasteiger charge is 2.37. The number of hydrogen-bond acceptors (Lipinski definition) is 4. The second-order valence-electron chi connectivity index (χ2n) is 4.68. The predicted octanol–water partition coefficient (Wildman–Crippen LogP) is -0.676. The molecule has 1 fully saturated rings. The first-order valence-corrected chi connectivity index (χ1v) is 7.57. The van der Waals surface area contributed by atoms with Gasteiger partial charge in [-0.25, -0.2) is 4.79 Å². The summed E-state index contributed by atoms with van der Waals surface area (Å²) in [5, 5.41) is 0. The van der Waals surface area contributed by atoms with Crippen molar-refractivity contribution in [2.75, 3.05) is 13.0 Å². The van der Waals surface area contributed by atoms with Crippen LogP contribution in [0.1, 0.15) is 6.42 Å². The molecule has 0 radical (unpaired) electrons. The number of hydrogen-bond donors (Lipinski definition) is 3. The molecule has 106 valence electrons. The summed E-state index contributed by atoms with van der Waals surface area (Å²) in [5.41, 5.74) is -0.882. The smallest absolute Gasteiger partial charge is 0.350 e. The van der Waals surface area contributed by atoms with Crippen molar-refractivity contribution in [3.05, 3.63) is 33.1 Å². The second kappa shape index (κ2) is 5.42. The molecule has 8 nitrogen and oxygen atoms in total. The summed E-state index contributed by atoms with van der Waals surface area (Å²) >= 11 is 0. The normalized spacial score (nSPS) is 22.4. The van der Waals surface area contributed by atoms with Gasteiger partial charge in [-0.3, -0.25) is 14.3 Å². The minimum absolute atomic E-state index is 0.199. The third kappa shape index (κ3) is 4.43. The summed E-state index contributed by atoms with van der Waals surface area (Å²) in [5.74, 6) is 0.436. The molecule has 1 aromatic rings. The number of H-pyrrole nitrogens is 1. The van der Waals surface area contributed by atoms with E-state index in [2.05, 4.69) is 4.98 Å². The van der Waals surface area contributed by atoms with E-state index in [1.807, 2.05) is 0 Å². The van der Waals surface area contributed by atoms with Crippen LogP contribution in [0.3, 0.4) is 0 Å². The largest absolute Gasteiger partial charge is 0.369 e. The summed E-state index contributed by atoms with van der Waals surface area (Å²) in [4.78, 5) is 41.7. The van der Waals surface area contributed by atoms with Crippen LogP contribution in [0.4, 0.5) is 0 Å². The lowest BCUT2D eigenvalue weighted by Gasteiger charge is -2.06. The number of ether oxygens (including phenoxy) is 1. The van der Waals surface area contributed by atoms with Gasteiger partial charge in [-0.15, -0.1) is 0 Å². The van der Waals surface area contributed by atoms with E-state index in [4.69, 9.17) is 14.5 Å². The van der Waals surface area contributed by atoms with Gasteiger partial charge in [0.25, 0.3) is 5.56 Å². The fourth-order valence-corrected chi connectivity index (χ4v) is 2.24. The number of nitrogens with one attached hydrogen (secondary N) is 1. The molecule has 9 heteroatoms. The van der Waals surface area contributed by atoms with E-state index in [1.165, 1.54) is 16.8 Å². The Morgan fingerprint density at radius 3 is 2.79 bits per heavy atom. The van der Waals surface area contributed by atoms with E-state index in [9.17, 15) is 14.2 Å². The highest BCUT2D eigenvalue weighted by molar-refractivity contribution is 7.51. The average Bonchev–Trinajstić information content (AvgIpc) is 2.99. The van der Waals surface area contributed by atoms with Crippen LogP contribution in [0.2, 0.25) is 0 Å². The maximum Gasteiger partial charge on any atom is 0.350 e. The molecule has 2 atom stereocenters. The van der Waals surface area contributed by atoms with Crippen LogP contribution in [-0.2, 0) is 15.8 Å². The molecule has 1 aromatic heterocycles. The standard InChI is InChI=1S/C10H15N2O6P/c13-9-1-2-12(10(14)11-9)4-7-3-8(7)5-18-6-19(15,16)17/h1-2,7-8H,3-6H2,(H,11,13,14)(H2,15,16,17)/t7-,8+/m1/s1. The first-order valence-electron chi connectivity index (χ1n) is 5.77. The quantitative estimate of drug-likeness (QED) is 0.597. The fourth-order valence-electron chi connectivity index (χ4n) is 1.90. The molecule has 0 bridgehead atoms. The van der Waals surface area contributed by atoms with Crippen molar-refractivity contribution in [3.8, 4) is 0 Å². The highest BCUT2D eigenvalue weighted by Crippen LogP contribution is 2.41. The van der Waals surface area contributed by atoms with Gasteiger partial charge < -0.3 is 19.1 Å². The van der Waals surface area contributed by atoms with Gasteiger partial charge in [-0.05, 0) is 18.3 Å². The molecule has 19 heavy (non-hydrogen) atoms. The van der Waals surface area contributed by atoms with Gasteiger partial charge in [0.05, 0.1) is 6.61 Å². The average molecular weight is 290 g/mol. The molecule has 0 spiro atoms. The van der Waals surface area contributed by atoms with E-state index in [-0.39, 0.29) is 18.4 Å². The van der Waals surface area contributed by atoms with E-state index in [0.717, 1.165) is 6.42 Å². The molecular weight excluding hydrogens is 275 g/mol. The number of nitrogens with zero attached hydrogens (tertiary/aromatic N) is 1. The fraction of sp³-hybridized carbons (Fsp3) is 0.600. The molecule has 3 N–H and O–H groups in total. The molecule has 0 aliphatic heterocycles. The molecule has 0 saturated heterocycles. The Bertz CT molecular complexity index is 603. The van der Waals surface area contributed by atoms with Gasteiger partial charge in [0.2, 0.25) is 0 Å². The Balaban J connectivity index is 1.79. The van der Waals surface area contributed by atoms with Gasteiger partial charge in [-0.2, -0.15) is 0 Å². The van der Waals surface area contributed by atoms with Gasteiger partial charge in [-0.1, -0.05) is 0 Å². The Hall–Kier alpha value is -1.21. The zero-order chi connectivity index (χ0) is 14.0. The lowest BCUT2D eigenvalue weighted by molar-refractivity contribution is 0.142. The Morgan fingerprint density at radius 1 is 1.42 bits per heavy atom. The number of rotatable bonds is 6. The molecular formula is C10H15N2O6P. The minimum atomic E-state index is -4.11. The summed E-state index contributed by atoms with van der Waals surface area (Å²) in [6.07, 6.45) is 1.70. The van der Waals surface area contributed by atoms with Crippen molar-refractivity contribution < 1.29 is 19.1 Å². The third-order valence-electron chi connectivity index (χ3n) is 2.99. The van der Waals surface area contributed by atoms with Crippen LogP contribution < -0.4 is 11.2 Å². The highest BCUT2D eigenvalue weighted by atomic mass is 31.2. The molecule has 1 saturated carbocycles. The molecule has 1 aliphatic carbocycles. The van der Waals surface area contributed by atoms with Gasteiger partial charge in [0, 0.05) is 18.8 Å². The molecule has 2 rings (SSSR count). The van der Waals surface area contributed by atoms with Crippen LogP contribution in [0.5, 0.6) is 0 Å². The summed E-state index contributed by atoms with van der Waals surface area (Å²) < 4.78 is 16.9. The van der Waals surface area contributed by atoms with Crippen LogP contribution in [-0.4, -0.2) is 32.3 Å². The first kappa shape index (κ1) is 14.2. The van der Waals surface area contributed by atoms with Gasteiger partial charge in [0.1, 0.15) is 6.35 Å². The Kier molecular flexibility index (Phi) is 4.05. The van der Waals surface area contributed by atoms with E-state index in [0.29, 0.717) is 6.54 Å². The van der Waals surface area contributed by atoms with Crippen LogP contribution in [0.25, 0.3) is 0 Å². The predicted molar refractivity (Wildman–Crippen MR) is 65.8 cm³/mol. The summed E-state index contributed by atoms with van der Waals surface area (Å²) in [7, 11) is -4.11. The summed E-state index contributed by atoms with van der Waals surface area (Å²) in [6, 6.07) is 1.28. The van der Waals surface area contributed by atoms with Gasteiger partial charge >= 0.3 is 13.3 Å². The Morgan fingerprint density at radius 2 is 2.16 bits per heavy atom. The maximum absolute atomic E-state index is 11.4. The minimum Gasteiger partial charge on any atom is -0.369 e.